The predicted octanol–water partition coefficient (Wildman–Crippen LogP) is 3.19. The summed E-state index contributed by atoms with van der Waals surface area (Å²) in [4.78, 5) is 56.8. The first-order valence-electron chi connectivity index (χ1n) is 10.9. The monoisotopic (exact) mass is 529 g/mol. The fraction of sp³-hybridized carbons (Fsp3) is 0.208. The van der Waals surface area contributed by atoms with Crippen LogP contribution in [0.15, 0.2) is 53.6 Å². The second kappa shape index (κ2) is 10.8. The van der Waals surface area contributed by atoms with Crippen LogP contribution in [0.5, 0.6) is 0 Å². The smallest absolute Gasteiger partial charge is 0.337 e. The number of carbonyl (C=O) groups excluding carboxylic acids is 2. The van der Waals surface area contributed by atoms with Crippen molar-refractivity contribution in [3.63, 3.8) is 0 Å². The maximum Gasteiger partial charge on any atom is 0.337 e. The molecule has 0 spiro atoms. The fourth-order valence-electron chi connectivity index (χ4n) is 3.89. The highest BCUT2D eigenvalue weighted by Gasteiger charge is 2.40. The average Bonchev–Trinajstić information content (AvgIpc) is 3.32. The average molecular weight is 530 g/mol. The number of halogens is 2. The highest BCUT2D eigenvalue weighted by Crippen LogP contribution is 2.26. The molecule has 0 saturated carbocycles. The van der Waals surface area contributed by atoms with E-state index in [1.165, 1.54) is 36.4 Å². The van der Waals surface area contributed by atoms with Crippen LogP contribution < -0.4 is 16.2 Å². The number of H-pyrrole nitrogens is 1. The van der Waals surface area contributed by atoms with E-state index in [0.717, 1.165) is 18.3 Å². The molecule has 3 heterocycles. The van der Waals surface area contributed by atoms with Gasteiger partial charge in [0, 0.05) is 38.0 Å². The van der Waals surface area contributed by atoms with Crippen molar-refractivity contribution in [1.82, 2.24) is 14.9 Å². The lowest BCUT2D eigenvalue weighted by atomic mass is 10.0. The minimum absolute atomic E-state index is 0.0472. The molecule has 0 aliphatic carbocycles. The second-order valence-corrected chi connectivity index (χ2v) is 8.61. The Bertz CT molecular complexity index is 1410. The molecule has 0 unspecified atom stereocenters. The maximum absolute atomic E-state index is 14.9. The number of aromatic amines is 1. The number of carboxylic acid groups (broad SMARTS) is 1. The molecule has 1 aliphatic rings. The Morgan fingerprint density at radius 2 is 2.00 bits per heavy atom. The number of methoxy groups -OCH3 is 1. The number of anilines is 2. The molecule has 1 fully saturated rings. The number of carboxylic acids is 1. The van der Waals surface area contributed by atoms with E-state index in [9.17, 15) is 23.6 Å². The van der Waals surface area contributed by atoms with Crippen molar-refractivity contribution in [1.29, 1.82) is 0 Å². The van der Waals surface area contributed by atoms with E-state index in [4.69, 9.17) is 21.4 Å². The summed E-state index contributed by atoms with van der Waals surface area (Å²) < 4.78 is 20.2. The molecule has 0 radical (unpaired) electrons. The quantitative estimate of drug-likeness (QED) is 0.382. The topological polar surface area (TPSA) is 154 Å². The van der Waals surface area contributed by atoms with Crippen LogP contribution in [0.2, 0.25) is 5.02 Å². The van der Waals surface area contributed by atoms with Gasteiger partial charge in [-0.25, -0.2) is 19.0 Å². The molecule has 3 amide bonds. The Morgan fingerprint density at radius 3 is 2.65 bits per heavy atom. The Kier molecular flexibility index (Phi) is 7.50. The summed E-state index contributed by atoms with van der Waals surface area (Å²) in [6, 6.07) is 6.26. The van der Waals surface area contributed by atoms with E-state index in [1.54, 1.807) is 6.07 Å². The van der Waals surface area contributed by atoms with Gasteiger partial charge in [-0.2, -0.15) is 0 Å². The fourth-order valence-corrected chi connectivity index (χ4v) is 4.01. The molecule has 11 nitrogen and oxygen atoms in total. The van der Waals surface area contributed by atoms with Gasteiger partial charge in [-0.05, 0) is 35.9 Å². The Labute approximate surface area is 214 Å². The number of nitrogens with zero attached hydrogens (tertiary/aromatic N) is 2. The number of hydrogen-bond donors (Lipinski definition) is 4. The molecule has 192 valence electrons. The van der Waals surface area contributed by atoms with Crippen molar-refractivity contribution in [2.75, 3.05) is 24.3 Å². The molecule has 37 heavy (non-hydrogen) atoms. The standard InChI is InChI=1S/C24H21ClFN5O6/c1-37-15-8-19(31(11-15)24(36)30-20-5-3-14(25)10-27-20)22(33)29-18-4-2-12(7-17(18)26)16-6-13(23(34)35)9-28-21(16)32/h2-7,9-10,15,19H,8,11H2,1H3,(H,28,32)(H,29,33)(H,34,35)(H,27,30,36)/t15-,19-/m1/s1. The van der Waals surface area contributed by atoms with Crippen LogP contribution in [0, 0.1) is 5.82 Å². The van der Waals surface area contributed by atoms with Crippen molar-refractivity contribution in [2.24, 2.45) is 0 Å². The third-order valence-electron chi connectivity index (χ3n) is 5.81. The second-order valence-electron chi connectivity index (χ2n) is 8.17. The Balaban J connectivity index is 1.52. The highest BCUT2D eigenvalue weighted by atomic mass is 35.5. The predicted molar refractivity (Wildman–Crippen MR) is 132 cm³/mol. The van der Waals surface area contributed by atoms with E-state index in [1.807, 2.05) is 0 Å². The lowest BCUT2D eigenvalue weighted by Gasteiger charge is -2.24. The summed E-state index contributed by atoms with van der Waals surface area (Å²) in [5.74, 6) is -2.52. The van der Waals surface area contributed by atoms with Crippen LogP contribution in [0.3, 0.4) is 0 Å². The molecule has 3 aromatic rings. The number of urea groups is 1. The molecule has 2 aromatic heterocycles. The number of amides is 3. The summed E-state index contributed by atoms with van der Waals surface area (Å²) in [5.41, 5.74) is -0.881. The maximum atomic E-state index is 14.9. The summed E-state index contributed by atoms with van der Waals surface area (Å²) in [7, 11) is 1.46. The number of pyridine rings is 2. The molecule has 4 rings (SSSR count). The summed E-state index contributed by atoms with van der Waals surface area (Å²) >= 11 is 5.81. The van der Waals surface area contributed by atoms with Crippen LogP contribution >= 0.6 is 11.6 Å². The molecule has 1 aliphatic heterocycles. The number of nitrogens with one attached hydrogen (secondary N) is 3. The van der Waals surface area contributed by atoms with Crippen molar-refractivity contribution in [3.8, 4) is 11.1 Å². The molecule has 1 saturated heterocycles. The van der Waals surface area contributed by atoms with Gasteiger partial charge >= 0.3 is 12.0 Å². The van der Waals surface area contributed by atoms with Crippen LogP contribution in [-0.2, 0) is 9.53 Å². The minimum atomic E-state index is -1.26. The van der Waals surface area contributed by atoms with Gasteiger partial charge in [0.15, 0.2) is 0 Å². The van der Waals surface area contributed by atoms with Gasteiger partial charge in [-0.3, -0.25) is 14.9 Å². The van der Waals surface area contributed by atoms with Gasteiger partial charge in [0.1, 0.15) is 17.7 Å². The molecular weight excluding hydrogens is 509 g/mol. The SMILES string of the molecule is CO[C@@H]1C[C@H](C(=O)Nc2ccc(-c3cc(C(=O)O)c[nH]c3=O)cc2F)N(C(=O)Nc2ccc(Cl)cn2)C1. The van der Waals surface area contributed by atoms with Gasteiger partial charge in [-0.15, -0.1) is 0 Å². The van der Waals surface area contributed by atoms with Gasteiger partial charge in [-0.1, -0.05) is 17.7 Å². The highest BCUT2D eigenvalue weighted by molar-refractivity contribution is 6.30. The molecule has 0 bridgehead atoms. The summed E-state index contributed by atoms with van der Waals surface area (Å²) in [6.45, 7) is 0.123. The van der Waals surface area contributed by atoms with Crippen molar-refractivity contribution < 1.29 is 28.6 Å². The molecule has 13 heteroatoms. The van der Waals surface area contributed by atoms with Gasteiger partial charge in [0.05, 0.1) is 22.4 Å². The van der Waals surface area contributed by atoms with Gasteiger partial charge in [0.2, 0.25) is 5.91 Å². The third-order valence-corrected chi connectivity index (χ3v) is 6.03. The van der Waals surface area contributed by atoms with E-state index in [-0.39, 0.29) is 41.2 Å². The largest absolute Gasteiger partial charge is 0.478 e. The van der Waals surface area contributed by atoms with E-state index < -0.39 is 41.4 Å². The van der Waals surface area contributed by atoms with Crippen LogP contribution in [-0.4, -0.2) is 63.7 Å². The zero-order chi connectivity index (χ0) is 26.7. The number of hydrogen-bond acceptors (Lipinski definition) is 6. The number of likely N-dealkylation sites (tertiary alicyclic amines) is 1. The van der Waals surface area contributed by atoms with Gasteiger partial charge < -0.3 is 25.0 Å². The van der Waals surface area contributed by atoms with Crippen LogP contribution in [0.1, 0.15) is 16.8 Å². The molecule has 1 aromatic carbocycles. The zero-order valence-electron chi connectivity index (χ0n) is 19.3. The number of carbonyl (C=O) groups is 3. The Morgan fingerprint density at radius 1 is 1.22 bits per heavy atom. The number of aromatic carboxylic acids is 1. The first-order valence-corrected chi connectivity index (χ1v) is 11.3. The van der Waals surface area contributed by atoms with E-state index in [2.05, 4.69) is 20.6 Å². The van der Waals surface area contributed by atoms with Crippen molar-refractivity contribution >= 4 is 41.0 Å². The third kappa shape index (κ3) is 5.76. The van der Waals surface area contributed by atoms with Crippen molar-refractivity contribution in [2.45, 2.75) is 18.6 Å². The first kappa shape index (κ1) is 25.8. The molecular formula is C24H21ClFN5O6. The zero-order valence-corrected chi connectivity index (χ0v) is 20.1. The van der Waals surface area contributed by atoms with Crippen LogP contribution in [0.25, 0.3) is 11.1 Å². The lowest BCUT2D eigenvalue weighted by molar-refractivity contribution is -0.119. The van der Waals surface area contributed by atoms with E-state index in [0.29, 0.717) is 5.02 Å². The Hall–Kier alpha value is -4.29. The van der Waals surface area contributed by atoms with Crippen molar-refractivity contribution in [3.05, 3.63) is 75.5 Å². The van der Waals surface area contributed by atoms with Gasteiger partial charge in [0.25, 0.3) is 5.56 Å². The summed E-state index contributed by atoms with van der Waals surface area (Å²) in [5, 5.41) is 14.6. The normalized spacial score (nSPS) is 16.9. The summed E-state index contributed by atoms with van der Waals surface area (Å²) in [6.07, 6.45) is 2.17. The minimum Gasteiger partial charge on any atom is -0.478 e. The van der Waals surface area contributed by atoms with Crippen LogP contribution in [0.4, 0.5) is 20.7 Å². The van der Waals surface area contributed by atoms with E-state index >= 15 is 0 Å². The number of ether oxygens (including phenoxy) is 1. The number of aromatic nitrogens is 2. The molecule has 4 N–H and O–H groups in total. The first-order chi connectivity index (χ1) is 17.7. The number of rotatable bonds is 6. The lowest BCUT2D eigenvalue weighted by Crippen LogP contribution is -2.45. The molecule has 2 atom stereocenters. The number of benzene rings is 1.